The third-order valence-electron chi connectivity index (χ3n) is 3.47. The van der Waals surface area contributed by atoms with E-state index in [9.17, 15) is 4.79 Å². The average molecular weight is 255 g/mol. The number of rotatable bonds is 8. The van der Waals surface area contributed by atoms with Crippen molar-refractivity contribution in [2.45, 2.75) is 52.0 Å². The highest BCUT2D eigenvalue weighted by atomic mass is 16.2. The first kappa shape index (κ1) is 15.4. The highest BCUT2D eigenvalue weighted by Crippen LogP contribution is 2.15. The molecule has 0 aromatic carbocycles. The van der Waals surface area contributed by atoms with Gasteiger partial charge in [0.15, 0.2) is 0 Å². The molecule has 1 aliphatic heterocycles. The molecular formula is C14H29N3O. The van der Waals surface area contributed by atoms with Gasteiger partial charge in [0.2, 0.25) is 5.91 Å². The summed E-state index contributed by atoms with van der Waals surface area (Å²) < 4.78 is 0. The third kappa shape index (κ3) is 5.83. The van der Waals surface area contributed by atoms with Gasteiger partial charge in [0.1, 0.15) is 0 Å². The van der Waals surface area contributed by atoms with Gasteiger partial charge in [-0.15, -0.1) is 0 Å². The van der Waals surface area contributed by atoms with Gasteiger partial charge >= 0.3 is 0 Å². The van der Waals surface area contributed by atoms with E-state index in [1.165, 1.54) is 25.7 Å². The lowest BCUT2D eigenvalue weighted by Gasteiger charge is -2.35. The smallest absolute Gasteiger partial charge is 0.234 e. The Hall–Kier alpha value is -0.610. The van der Waals surface area contributed by atoms with Gasteiger partial charge in [0, 0.05) is 19.1 Å². The Morgan fingerprint density at radius 1 is 1.22 bits per heavy atom. The minimum atomic E-state index is 0.180. The largest absolute Gasteiger partial charge is 0.355 e. The lowest BCUT2D eigenvalue weighted by Crippen LogP contribution is -2.49. The molecular weight excluding hydrogens is 226 g/mol. The predicted octanol–water partition coefficient (Wildman–Crippen LogP) is 1.37. The predicted molar refractivity (Wildman–Crippen MR) is 75.7 cm³/mol. The lowest BCUT2D eigenvalue weighted by atomic mass is 10.0. The van der Waals surface area contributed by atoms with Crippen LogP contribution in [0.15, 0.2) is 0 Å². The molecule has 18 heavy (non-hydrogen) atoms. The summed E-state index contributed by atoms with van der Waals surface area (Å²) in [6.07, 6.45) is 5.92. The van der Waals surface area contributed by atoms with Crippen molar-refractivity contribution in [3.8, 4) is 0 Å². The number of likely N-dealkylation sites (tertiary alicyclic amines) is 1. The van der Waals surface area contributed by atoms with Crippen molar-refractivity contribution in [3.05, 3.63) is 0 Å². The number of nitrogens with one attached hydrogen (secondary N) is 2. The Balaban J connectivity index is 2.31. The molecule has 0 aromatic rings. The van der Waals surface area contributed by atoms with Crippen LogP contribution in [0.3, 0.4) is 0 Å². The second kappa shape index (κ2) is 9.34. The monoisotopic (exact) mass is 255 g/mol. The van der Waals surface area contributed by atoms with Gasteiger partial charge in [0.05, 0.1) is 6.54 Å². The Morgan fingerprint density at radius 2 is 2.00 bits per heavy atom. The van der Waals surface area contributed by atoms with Crippen LogP contribution in [0.5, 0.6) is 0 Å². The number of carbonyl (C=O) groups excluding carboxylic acids is 1. The van der Waals surface area contributed by atoms with Crippen LogP contribution in [0, 0.1) is 0 Å². The van der Waals surface area contributed by atoms with Crippen molar-refractivity contribution in [1.82, 2.24) is 15.5 Å². The van der Waals surface area contributed by atoms with Crippen LogP contribution in [-0.2, 0) is 4.79 Å². The fraction of sp³-hybridized carbons (Fsp3) is 0.929. The van der Waals surface area contributed by atoms with Gasteiger partial charge in [-0.3, -0.25) is 9.69 Å². The maximum absolute atomic E-state index is 11.8. The van der Waals surface area contributed by atoms with Crippen LogP contribution in [0.2, 0.25) is 0 Å². The van der Waals surface area contributed by atoms with E-state index in [2.05, 4.69) is 29.4 Å². The summed E-state index contributed by atoms with van der Waals surface area (Å²) in [6.45, 7) is 8.80. The number of hydrogen-bond acceptors (Lipinski definition) is 3. The standard InChI is InChI=1S/C14H29N3O/c1-3-8-15-11-13-7-5-6-10-17(13)12-14(18)16-9-4-2/h13,15H,3-12H2,1-2H3,(H,16,18). The fourth-order valence-corrected chi connectivity index (χ4v) is 2.45. The molecule has 0 radical (unpaired) electrons. The summed E-state index contributed by atoms with van der Waals surface area (Å²) >= 11 is 0. The lowest BCUT2D eigenvalue weighted by molar-refractivity contribution is -0.123. The van der Waals surface area contributed by atoms with Gasteiger partial charge < -0.3 is 10.6 Å². The first-order valence-electron chi connectivity index (χ1n) is 7.49. The minimum absolute atomic E-state index is 0.180. The molecule has 1 unspecified atom stereocenters. The van der Waals surface area contributed by atoms with Crippen LogP contribution in [-0.4, -0.2) is 49.6 Å². The minimum Gasteiger partial charge on any atom is -0.355 e. The number of amides is 1. The van der Waals surface area contributed by atoms with E-state index >= 15 is 0 Å². The summed E-state index contributed by atoms with van der Waals surface area (Å²) in [4.78, 5) is 14.1. The normalized spacial score (nSPS) is 20.9. The first-order chi connectivity index (χ1) is 8.77. The van der Waals surface area contributed by atoms with E-state index in [0.717, 1.165) is 32.6 Å². The van der Waals surface area contributed by atoms with Crippen molar-refractivity contribution in [3.63, 3.8) is 0 Å². The number of nitrogens with zero attached hydrogens (tertiary/aromatic N) is 1. The molecule has 4 heteroatoms. The quantitative estimate of drug-likeness (QED) is 0.644. The maximum Gasteiger partial charge on any atom is 0.234 e. The zero-order valence-electron chi connectivity index (χ0n) is 12.0. The molecule has 2 N–H and O–H groups in total. The van der Waals surface area contributed by atoms with Crippen molar-refractivity contribution in [2.24, 2.45) is 0 Å². The highest BCUT2D eigenvalue weighted by Gasteiger charge is 2.23. The third-order valence-corrected chi connectivity index (χ3v) is 3.47. The molecule has 1 rings (SSSR count). The second-order valence-corrected chi connectivity index (χ2v) is 5.17. The summed E-state index contributed by atoms with van der Waals surface area (Å²) in [5.74, 6) is 0.180. The van der Waals surface area contributed by atoms with Crippen molar-refractivity contribution in [1.29, 1.82) is 0 Å². The van der Waals surface area contributed by atoms with Gasteiger partial charge in [0.25, 0.3) is 0 Å². The second-order valence-electron chi connectivity index (χ2n) is 5.17. The van der Waals surface area contributed by atoms with E-state index in [0.29, 0.717) is 12.6 Å². The Kier molecular flexibility index (Phi) is 8.01. The molecule has 4 nitrogen and oxygen atoms in total. The molecule has 0 aromatic heterocycles. The van der Waals surface area contributed by atoms with Crippen LogP contribution >= 0.6 is 0 Å². The highest BCUT2D eigenvalue weighted by molar-refractivity contribution is 5.78. The SMILES string of the molecule is CCCNCC1CCCCN1CC(=O)NCCC. The van der Waals surface area contributed by atoms with Crippen LogP contribution < -0.4 is 10.6 Å². The Morgan fingerprint density at radius 3 is 2.72 bits per heavy atom. The van der Waals surface area contributed by atoms with Gasteiger partial charge in [-0.2, -0.15) is 0 Å². The van der Waals surface area contributed by atoms with Crippen molar-refractivity contribution >= 4 is 5.91 Å². The van der Waals surface area contributed by atoms with Crippen LogP contribution in [0.4, 0.5) is 0 Å². The Labute approximate surface area is 111 Å². The Bertz CT molecular complexity index is 233. The molecule has 1 aliphatic rings. The van der Waals surface area contributed by atoms with E-state index in [-0.39, 0.29) is 5.91 Å². The average Bonchev–Trinajstić information content (AvgIpc) is 2.38. The van der Waals surface area contributed by atoms with E-state index < -0.39 is 0 Å². The van der Waals surface area contributed by atoms with Gasteiger partial charge in [-0.25, -0.2) is 0 Å². The zero-order chi connectivity index (χ0) is 13.2. The molecule has 1 saturated heterocycles. The summed E-state index contributed by atoms with van der Waals surface area (Å²) in [7, 11) is 0. The molecule has 0 bridgehead atoms. The molecule has 0 spiro atoms. The van der Waals surface area contributed by atoms with Crippen LogP contribution in [0.1, 0.15) is 46.0 Å². The number of hydrogen-bond donors (Lipinski definition) is 2. The van der Waals surface area contributed by atoms with Gasteiger partial charge in [-0.05, 0) is 38.8 Å². The zero-order valence-corrected chi connectivity index (χ0v) is 12.0. The number of carbonyl (C=O) groups is 1. The topological polar surface area (TPSA) is 44.4 Å². The molecule has 0 aliphatic carbocycles. The first-order valence-corrected chi connectivity index (χ1v) is 7.49. The fourth-order valence-electron chi connectivity index (χ4n) is 2.45. The van der Waals surface area contributed by atoms with Crippen molar-refractivity contribution < 1.29 is 4.79 Å². The summed E-state index contributed by atoms with van der Waals surface area (Å²) in [6, 6.07) is 0.540. The maximum atomic E-state index is 11.8. The number of piperidine rings is 1. The van der Waals surface area contributed by atoms with Crippen molar-refractivity contribution in [2.75, 3.05) is 32.7 Å². The molecule has 1 atom stereocenters. The van der Waals surface area contributed by atoms with E-state index in [4.69, 9.17) is 0 Å². The van der Waals surface area contributed by atoms with Gasteiger partial charge in [-0.1, -0.05) is 20.3 Å². The molecule has 106 valence electrons. The van der Waals surface area contributed by atoms with E-state index in [1.54, 1.807) is 0 Å². The molecule has 0 saturated carbocycles. The summed E-state index contributed by atoms with van der Waals surface area (Å²) in [5.41, 5.74) is 0. The molecule has 1 heterocycles. The molecule has 1 amide bonds. The van der Waals surface area contributed by atoms with Crippen LogP contribution in [0.25, 0.3) is 0 Å². The molecule has 1 fully saturated rings. The van der Waals surface area contributed by atoms with E-state index in [1.807, 2.05) is 0 Å². The summed E-state index contributed by atoms with van der Waals surface area (Å²) in [5, 5.41) is 6.44.